The van der Waals surface area contributed by atoms with Gasteiger partial charge in [-0.15, -0.1) is 0 Å². The summed E-state index contributed by atoms with van der Waals surface area (Å²) >= 11 is 0. The van der Waals surface area contributed by atoms with Gasteiger partial charge in [0, 0.05) is 7.11 Å². The van der Waals surface area contributed by atoms with Gasteiger partial charge in [-0.1, -0.05) is 6.07 Å². The molecular formula is C10H10FNO. The number of methoxy groups -OCH3 is 1. The number of nitriles is 1. The highest BCUT2D eigenvalue weighted by atomic mass is 19.1. The highest BCUT2D eigenvalue weighted by molar-refractivity contribution is 5.33. The Bertz CT molecular complexity index is 330. The molecule has 0 heterocycles. The van der Waals surface area contributed by atoms with Gasteiger partial charge in [0.05, 0.1) is 12.2 Å². The maximum Gasteiger partial charge on any atom is 0.141 e. The van der Waals surface area contributed by atoms with E-state index in [1.54, 1.807) is 19.2 Å². The molecule has 0 aliphatic carbocycles. The molecule has 0 saturated carbocycles. The third-order valence-corrected chi connectivity index (χ3v) is 1.75. The topological polar surface area (TPSA) is 33.0 Å². The lowest BCUT2D eigenvalue weighted by Gasteiger charge is -2.00. The maximum atomic E-state index is 13.0. The van der Waals surface area contributed by atoms with Crippen molar-refractivity contribution in [2.45, 2.75) is 6.42 Å². The fourth-order valence-electron chi connectivity index (χ4n) is 1.02. The molecule has 2 nitrogen and oxygen atoms in total. The average Bonchev–Trinajstić information content (AvgIpc) is 2.15. The Morgan fingerprint density at radius 2 is 2.31 bits per heavy atom. The minimum atomic E-state index is -0.462. The van der Waals surface area contributed by atoms with Crippen LogP contribution in [-0.4, -0.2) is 13.7 Å². The molecule has 0 atom stereocenters. The summed E-state index contributed by atoms with van der Waals surface area (Å²) in [6.07, 6.45) is 0.666. The van der Waals surface area contributed by atoms with Crippen LogP contribution in [0.25, 0.3) is 0 Å². The minimum Gasteiger partial charge on any atom is -0.384 e. The lowest BCUT2D eigenvalue weighted by atomic mass is 10.1. The molecule has 0 aliphatic heterocycles. The third kappa shape index (κ3) is 2.53. The van der Waals surface area contributed by atoms with Crippen molar-refractivity contribution in [3.8, 4) is 6.07 Å². The van der Waals surface area contributed by atoms with E-state index in [1.807, 2.05) is 0 Å². The summed E-state index contributed by atoms with van der Waals surface area (Å²) in [5, 5.41) is 8.47. The van der Waals surface area contributed by atoms with E-state index in [2.05, 4.69) is 0 Å². The van der Waals surface area contributed by atoms with Gasteiger partial charge in [0.1, 0.15) is 11.9 Å². The second-order valence-corrected chi connectivity index (χ2v) is 2.67. The molecule has 0 bridgehead atoms. The molecule has 0 amide bonds. The van der Waals surface area contributed by atoms with Crippen molar-refractivity contribution in [2.24, 2.45) is 0 Å². The van der Waals surface area contributed by atoms with Gasteiger partial charge in [-0.3, -0.25) is 0 Å². The zero-order valence-corrected chi connectivity index (χ0v) is 7.38. The van der Waals surface area contributed by atoms with Crippen molar-refractivity contribution in [1.29, 1.82) is 5.26 Å². The first kappa shape index (κ1) is 9.69. The Morgan fingerprint density at radius 1 is 1.54 bits per heavy atom. The molecule has 0 N–H and O–H groups in total. The van der Waals surface area contributed by atoms with Crippen LogP contribution in [0.4, 0.5) is 4.39 Å². The molecule has 68 valence electrons. The Kier molecular flexibility index (Phi) is 3.41. The number of hydrogen-bond donors (Lipinski definition) is 0. The molecule has 0 aromatic heterocycles. The lowest BCUT2D eigenvalue weighted by molar-refractivity contribution is 0.202. The van der Waals surface area contributed by atoms with Crippen molar-refractivity contribution in [1.82, 2.24) is 0 Å². The molecule has 0 radical (unpaired) electrons. The highest BCUT2D eigenvalue weighted by Gasteiger charge is 2.01. The maximum absolute atomic E-state index is 13.0. The molecule has 0 saturated heterocycles. The van der Waals surface area contributed by atoms with Crippen molar-refractivity contribution < 1.29 is 9.13 Å². The Labute approximate surface area is 76.6 Å². The highest BCUT2D eigenvalue weighted by Crippen LogP contribution is 2.09. The van der Waals surface area contributed by atoms with Crippen molar-refractivity contribution in [3.05, 3.63) is 35.1 Å². The minimum absolute atomic E-state index is 0.0844. The van der Waals surface area contributed by atoms with Crippen LogP contribution >= 0.6 is 0 Å². The Hall–Kier alpha value is -1.40. The predicted octanol–water partition coefficient (Wildman–Crippen LogP) is 1.89. The van der Waals surface area contributed by atoms with Gasteiger partial charge in [0.25, 0.3) is 0 Å². The van der Waals surface area contributed by atoms with E-state index in [0.717, 1.165) is 5.56 Å². The van der Waals surface area contributed by atoms with Gasteiger partial charge in [-0.25, -0.2) is 4.39 Å². The number of ether oxygens (including phenoxy) is 1. The molecule has 1 aromatic rings. The van der Waals surface area contributed by atoms with Crippen LogP contribution in [0.15, 0.2) is 18.2 Å². The van der Waals surface area contributed by atoms with Crippen LogP contribution in [0.2, 0.25) is 0 Å². The number of benzene rings is 1. The van der Waals surface area contributed by atoms with Crippen LogP contribution in [0.1, 0.15) is 11.1 Å². The van der Waals surface area contributed by atoms with Crippen molar-refractivity contribution in [2.75, 3.05) is 13.7 Å². The fraction of sp³-hybridized carbons (Fsp3) is 0.300. The van der Waals surface area contributed by atoms with Crippen LogP contribution in [-0.2, 0) is 11.2 Å². The van der Waals surface area contributed by atoms with E-state index in [4.69, 9.17) is 10.00 Å². The first-order valence-electron chi connectivity index (χ1n) is 3.95. The molecule has 13 heavy (non-hydrogen) atoms. The normalized spacial score (nSPS) is 9.62. The summed E-state index contributed by atoms with van der Waals surface area (Å²) in [4.78, 5) is 0. The smallest absolute Gasteiger partial charge is 0.141 e. The van der Waals surface area contributed by atoms with Gasteiger partial charge in [-0.2, -0.15) is 5.26 Å². The molecule has 0 spiro atoms. The zero-order valence-electron chi connectivity index (χ0n) is 7.38. The second kappa shape index (κ2) is 4.58. The molecular weight excluding hydrogens is 169 g/mol. The first-order chi connectivity index (χ1) is 6.27. The standard InChI is InChI=1S/C10H10FNO/c1-13-5-4-8-2-3-9(7-12)10(11)6-8/h2-3,6H,4-5H2,1H3. The van der Waals surface area contributed by atoms with Gasteiger partial charge < -0.3 is 4.74 Å². The largest absolute Gasteiger partial charge is 0.384 e. The third-order valence-electron chi connectivity index (χ3n) is 1.75. The van der Waals surface area contributed by atoms with Crippen LogP contribution in [0, 0.1) is 17.1 Å². The molecule has 1 rings (SSSR count). The van der Waals surface area contributed by atoms with E-state index >= 15 is 0 Å². The SMILES string of the molecule is COCCc1ccc(C#N)c(F)c1. The molecule has 0 aliphatic rings. The van der Waals surface area contributed by atoms with E-state index in [1.165, 1.54) is 12.1 Å². The summed E-state index contributed by atoms with van der Waals surface area (Å²) in [5.41, 5.74) is 0.930. The fourth-order valence-corrected chi connectivity index (χ4v) is 1.02. The van der Waals surface area contributed by atoms with Crippen LogP contribution in [0.5, 0.6) is 0 Å². The summed E-state index contributed by atoms with van der Waals surface area (Å²) in [7, 11) is 1.60. The molecule has 3 heteroatoms. The first-order valence-corrected chi connectivity index (χ1v) is 3.95. The van der Waals surface area contributed by atoms with E-state index < -0.39 is 5.82 Å². The van der Waals surface area contributed by atoms with E-state index in [-0.39, 0.29) is 5.56 Å². The predicted molar refractivity (Wildman–Crippen MR) is 46.7 cm³/mol. The lowest BCUT2D eigenvalue weighted by Crippen LogP contribution is -1.95. The number of rotatable bonds is 3. The van der Waals surface area contributed by atoms with Crippen LogP contribution < -0.4 is 0 Å². The zero-order chi connectivity index (χ0) is 9.68. The van der Waals surface area contributed by atoms with E-state index in [0.29, 0.717) is 13.0 Å². The summed E-state index contributed by atoms with van der Waals surface area (Å²) in [6.45, 7) is 0.561. The summed E-state index contributed by atoms with van der Waals surface area (Å²) < 4.78 is 17.9. The van der Waals surface area contributed by atoms with Gasteiger partial charge in [-0.05, 0) is 24.1 Å². The van der Waals surface area contributed by atoms with Gasteiger partial charge >= 0.3 is 0 Å². The molecule has 1 aromatic carbocycles. The Balaban J connectivity index is 2.79. The molecule has 0 unspecified atom stereocenters. The quantitative estimate of drug-likeness (QED) is 0.709. The second-order valence-electron chi connectivity index (χ2n) is 2.67. The van der Waals surface area contributed by atoms with Crippen LogP contribution in [0.3, 0.4) is 0 Å². The summed E-state index contributed by atoms with van der Waals surface area (Å²) in [5.74, 6) is -0.462. The number of hydrogen-bond acceptors (Lipinski definition) is 2. The monoisotopic (exact) mass is 179 g/mol. The Morgan fingerprint density at radius 3 is 2.85 bits per heavy atom. The van der Waals surface area contributed by atoms with Crippen molar-refractivity contribution >= 4 is 0 Å². The molecule has 0 fully saturated rings. The average molecular weight is 179 g/mol. The summed E-state index contributed by atoms with van der Waals surface area (Å²) in [6, 6.07) is 6.37. The van der Waals surface area contributed by atoms with Gasteiger partial charge in [0.2, 0.25) is 0 Å². The van der Waals surface area contributed by atoms with Gasteiger partial charge in [0.15, 0.2) is 0 Å². The van der Waals surface area contributed by atoms with Crippen molar-refractivity contribution in [3.63, 3.8) is 0 Å². The number of nitrogens with zero attached hydrogens (tertiary/aromatic N) is 1. The number of halogens is 1. The van der Waals surface area contributed by atoms with E-state index in [9.17, 15) is 4.39 Å².